The van der Waals surface area contributed by atoms with Crippen LogP contribution in [-0.4, -0.2) is 32.8 Å². The summed E-state index contributed by atoms with van der Waals surface area (Å²) >= 11 is 3.38. The molecule has 0 fully saturated rings. The zero-order valence-electron chi connectivity index (χ0n) is 14.3. The van der Waals surface area contributed by atoms with Crippen LogP contribution in [-0.2, 0) is 21.4 Å². The zero-order chi connectivity index (χ0) is 19.1. The molecule has 0 N–H and O–H groups in total. The van der Waals surface area contributed by atoms with Gasteiger partial charge in [-0.15, -0.1) is 0 Å². The lowest BCUT2D eigenvalue weighted by atomic mass is 10.1. The molecule has 0 radical (unpaired) electrons. The predicted octanol–water partition coefficient (Wildman–Crippen LogP) is 3.70. The van der Waals surface area contributed by atoms with E-state index in [1.54, 1.807) is 13.0 Å². The second kappa shape index (κ2) is 6.90. The van der Waals surface area contributed by atoms with Gasteiger partial charge in [0.2, 0.25) is 10.9 Å². The van der Waals surface area contributed by atoms with Crippen LogP contribution in [0.4, 0.5) is 0 Å². The van der Waals surface area contributed by atoms with Gasteiger partial charge in [-0.25, -0.2) is 17.5 Å². The number of hydrogen-bond acceptors (Lipinski definition) is 6. The number of rotatable bonds is 5. The second-order valence-electron chi connectivity index (χ2n) is 5.78. The third-order valence-corrected chi connectivity index (χ3v) is 5.98. The molecule has 3 aromatic rings. The van der Waals surface area contributed by atoms with Crippen LogP contribution >= 0.6 is 15.9 Å². The molecule has 0 saturated carbocycles. The fourth-order valence-corrected chi connectivity index (χ4v) is 3.52. The van der Waals surface area contributed by atoms with Crippen molar-refractivity contribution < 1.29 is 26.8 Å². The van der Waals surface area contributed by atoms with E-state index in [2.05, 4.69) is 15.9 Å². The maximum atomic E-state index is 12.3. The fourth-order valence-electron chi connectivity index (χ4n) is 2.34. The number of carbonyl (C=O) groups is 1. The van der Waals surface area contributed by atoms with Crippen molar-refractivity contribution in [3.8, 4) is 0 Å². The molecule has 0 unspecified atom stereocenters. The third kappa shape index (κ3) is 3.42. The number of fused-ring (bicyclic) bond motifs is 1. The van der Waals surface area contributed by atoms with Crippen molar-refractivity contribution in [2.75, 3.05) is 14.1 Å². The number of hydrogen-bond donors (Lipinski definition) is 0. The summed E-state index contributed by atoms with van der Waals surface area (Å²) in [6, 6.07) is 8.20. The Morgan fingerprint density at radius 1 is 1.19 bits per heavy atom. The summed E-state index contributed by atoms with van der Waals surface area (Å²) in [5, 5.41) is 0.599. The Bertz CT molecular complexity index is 1080. The minimum absolute atomic E-state index is 0.103. The largest absolute Gasteiger partial charge is 0.452 e. The van der Waals surface area contributed by atoms with Gasteiger partial charge >= 0.3 is 5.97 Å². The number of sulfonamides is 1. The van der Waals surface area contributed by atoms with Gasteiger partial charge in [-0.2, -0.15) is 0 Å². The summed E-state index contributed by atoms with van der Waals surface area (Å²) in [5.74, 6) is -0.329. The van der Waals surface area contributed by atoms with Gasteiger partial charge in [-0.05, 0) is 37.3 Å². The third-order valence-electron chi connectivity index (χ3n) is 3.80. The molecule has 1 aromatic carbocycles. The monoisotopic (exact) mass is 441 g/mol. The minimum Gasteiger partial charge on any atom is -0.452 e. The molecule has 9 heteroatoms. The summed E-state index contributed by atoms with van der Waals surface area (Å²) in [4.78, 5) is 12.3. The normalized spacial score (nSPS) is 12.0. The molecule has 0 aliphatic heterocycles. The van der Waals surface area contributed by atoms with Crippen LogP contribution in [0.3, 0.4) is 0 Å². The lowest BCUT2D eigenvalue weighted by molar-refractivity contribution is 0.0406. The lowest BCUT2D eigenvalue weighted by Crippen LogP contribution is -2.21. The number of carbonyl (C=O) groups excluding carboxylic acids is 1. The molecule has 2 aromatic heterocycles. The molecule has 26 heavy (non-hydrogen) atoms. The van der Waals surface area contributed by atoms with Crippen LogP contribution in [0, 0.1) is 6.92 Å². The van der Waals surface area contributed by atoms with Crippen molar-refractivity contribution in [1.82, 2.24) is 4.31 Å². The van der Waals surface area contributed by atoms with Gasteiger partial charge in [0.1, 0.15) is 18.0 Å². The maximum Gasteiger partial charge on any atom is 0.375 e. The van der Waals surface area contributed by atoms with Crippen LogP contribution in [0.1, 0.15) is 21.9 Å². The van der Waals surface area contributed by atoms with Crippen molar-refractivity contribution in [2.45, 2.75) is 18.6 Å². The van der Waals surface area contributed by atoms with E-state index in [1.165, 1.54) is 26.2 Å². The Labute approximate surface area is 158 Å². The lowest BCUT2D eigenvalue weighted by Gasteiger charge is -2.07. The van der Waals surface area contributed by atoms with E-state index in [4.69, 9.17) is 13.6 Å². The van der Waals surface area contributed by atoms with E-state index in [-0.39, 0.29) is 23.2 Å². The van der Waals surface area contributed by atoms with Gasteiger partial charge in [0.05, 0.1) is 0 Å². The van der Waals surface area contributed by atoms with E-state index >= 15 is 0 Å². The van der Waals surface area contributed by atoms with Crippen LogP contribution in [0.5, 0.6) is 0 Å². The maximum absolute atomic E-state index is 12.3. The first-order valence-corrected chi connectivity index (χ1v) is 9.80. The van der Waals surface area contributed by atoms with E-state index in [1.807, 2.05) is 12.1 Å². The molecule has 138 valence electrons. The Balaban J connectivity index is 1.76. The van der Waals surface area contributed by atoms with Crippen molar-refractivity contribution >= 4 is 42.9 Å². The first kappa shape index (κ1) is 18.7. The SMILES string of the molecule is Cc1c(C(=O)OCc2ccc(S(=O)(=O)N(C)C)o2)oc2ccc(Br)cc12. The standard InChI is InChI=1S/C17H16BrNO6S/c1-10-13-8-11(18)4-6-14(13)25-16(10)17(20)23-9-12-5-7-15(24-12)26(21,22)19(2)3/h4-8H,9H2,1-3H3. The van der Waals surface area contributed by atoms with Crippen LogP contribution in [0.25, 0.3) is 11.0 Å². The highest BCUT2D eigenvalue weighted by atomic mass is 79.9. The average molecular weight is 442 g/mol. The van der Waals surface area contributed by atoms with Crippen molar-refractivity contribution in [3.05, 3.63) is 51.9 Å². The highest BCUT2D eigenvalue weighted by Crippen LogP contribution is 2.28. The summed E-state index contributed by atoms with van der Waals surface area (Å²) < 4.78 is 41.9. The first-order valence-electron chi connectivity index (χ1n) is 7.57. The Hall–Kier alpha value is -2.10. The average Bonchev–Trinajstić information content (AvgIpc) is 3.18. The van der Waals surface area contributed by atoms with Gasteiger partial charge in [0.15, 0.2) is 0 Å². The molecule has 0 atom stereocenters. The Morgan fingerprint density at radius 2 is 1.92 bits per heavy atom. The number of halogens is 1. The van der Waals surface area contributed by atoms with Gasteiger partial charge in [0.25, 0.3) is 10.0 Å². The molecule has 0 saturated heterocycles. The van der Waals surface area contributed by atoms with Gasteiger partial charge < -0.3 is 13.6 Å². The van der Waals surface area contributed by atoms with Crippen LogP contribution in [0.2, 0.25) is 0 Å². The molecule has 2 heterocycles. The number of benzene rings is 1. The Morgan fingerprint density at radius 3 is 2.62 bits per heavy atom. The number of ether oxygens (including phenoxy) is 1. The van der Waals surface area contributed by atoms with Crippen molar-refractivity contribution in [3.63, 3.8) is 0 Å². The van der Waals surface area contributed by atoms with E-state index < -0.39 is 16.0 Å². The molecule has 0 spiro atoms. The minimum atomic E-state index is -3.67. The van der Waals surface area contributed by atoms with Gasteiger partial charge in [-0.3, -0.25) is 0 Å². The van der Waals surface area contributed by atoms with Crippen LogP contribution in [0.15, 0.2) is 48.7 Å². The molecule has 0 bridgehead atoms. The topological polar surface area (TPSA) is 90.0 Å². The molecule has 0 aliphatic rings. The second-order valence-corrected chi connectivity index (χ2v) is 8.78. The van der Waals surface area contributed by atoms with E-state index in [0.717, 1.165) is 14.2 Å². The smallest absolute Gasteiger partial charge is 0.375 e. The van der Waals surface area contributed by atoms with Gasteiger partial charge in [-0.1, -0.05) is 15.9 Å². The molecule has 0 amide bonds. The summed E-state index contributed by atoms with van der Waals surface area (Å²) in [6.45, 7) is 1.56. The highest BCUT2D eigenvalue weighted by Gasteiger charge is 2.23. The molecular formula is C17H16BrNO6S. The molecule has 0 aliphatic carbocycles. The first-order chi connectivity index (χ1) is 12.2. The Kier molecular flexibility index (Phi) is 4.96. The molecule has 3 rings (SSSR count). The van der Waals surface area contributed by atoms with Crippen molar-refractivity contribution in [2.24, 2.45) is 0 Å². The van der Waals surface area contributed by atoms with E-state index in [0.29, 0.717) is 11.1 Å². The van der Waals surface area contributed by atoms with E-state index in [9.17, 15) is 13.2 Å². The van der Waals surface area contributed by atoms with Gasteiger partial charge in [0, 0.05) is 29.5 Å². The summed E-state index contributed by atoms with van der Waals surface area (Å²) in [6.07, 6.45) is 0. The summed E-state index contributed by atoms with van der Waals surface area (Å²) in [7, 11) is -0.866. The fraction of sp³-hybridized carbons (Fsp3) is 0.235. The zero-order valence-corrected chi connectivity index (χ0v) is 16.7. The predicted molar refractivity (Wildman–Crippen MR) is 97.4 cm³/mol. The van der Waals surface area contributed by atoms with Crippen LogP contribution < -0.4 is 0 Å². The summed E-state index contributed by atoms with van der Waals surface area (Å²) in [5.41, 5.74) is 1.25. The number of furan rings is 2. The number of nitrogens with zero attached hydrogens (tertiary/aromatic N) is 1. The molecular weight excluding hydrogens is 426 g/mol. The quantitative estimate of drug-likeness (QED) is 0.560. The number of esters is 1. The number of aryl methyl sites for hydroxylation is 1. The van der Waals surface area contributed by atoms with Crippen molar-refractivity contribution in [1.29, 1.82) is 0 Å². The molecule has 7 nitrogen and oxygen atoms in total. The highest BCUT2D eigenvalue weighted by molar-refractivity contribution is 9.10.